The van der Waals surface area contributed by atoms with Gasteiger partial charge in [-0.1, -0.05) is 20.3 Å². The van der Waals surface area contributed by atoms with Crippen LogP contribution < -0.4 is 11.3 Å². The number of hydrogen-bond acceptors (Lipinski definition) is 3. The van der Waals surface area contributed by atoms with Crippen molar-refractivity contribution in [1.82, 2.24) is 9.97 Å². The van der Waals surface area contributed by atoms with Gasteiger partial charge in [-0.15, -0.1) is 0 Å². The van der Waals surface area contributed by atoms with Crippen molar-refractivity contribution in [3.8, 4) is 0 Å². The Morgan fingerprint density at radius 2 is 2.29 bits per heavy atom. The van der Waals surface area contributed by atoms with Crippen molar-refractivity contribution in [3.05, 3.63) is 27.9 Å². The number of H-pyrrole nitrogens is 1. The standard InChI is InChI=1S/C10H17N3O/c1-4-6(2)10(11)8-5-9(14)13-7(3)12-8/h5-6,10H,4,11H2,1-3H3,(H,12,13,14)/t6-,10-/m0/s1. The van der Waals surface area contributed by atoms with Crippen LogP contribution in [0.4, 0.5) is 0 Å². The molecule has 78 valence electrons. The largest absolute Gasteiger partial charge is 0.322 e. The number of aromatic nitrogens is 2. The molecule has 0 aliphatic heterocycles. The van der Waals surface area contributed by atoms with E-state index in [4.69, 9.17) is 5.73 Å². The first-order valence-electron chi connectivity index (χ1n) is 4.88. The van der Waals surface area contributed by atoms with Gasteiger partial charge in [-0.2, -0.15) is 0 Å². The van der Waals surface area contributed by atoms with Gasteiger partial charge in [0.15, 0.2) is 0 Å². The molecule has 4 heteroatoms. The van der Waals surface area contributed by atoms with Crippen LogP contribution in [0.2, 0.25) is 0 Å². The highest BCUT2D eigenvalue weighted by Gasteiger charge is 2.15. The highest BCUT2D eigenvalue weighted by atomic mass is 16.1. The molecule has 1 aromatic rings. The van der Waals surface area contributed by atoms with Crippen LogP contribution in [0.1, 0.15) is 37.8 Å². The Balaban J connectivity index is 3.00. The molecule has 0 aromatic carbocycles. The van der Waals surface area contributed by atoms with Crippen LogP contribution >= 0.6 is 0 Å². The van der Waals surface area contributed by atoms with Gasteiger partial charge in [-0.05, 0) is 12.8 Å². The average Bonchev–Trinajstić information content (AvgIpc) is 2.14. The van der Waals surface area contributed by atoms with E-state index in [0.29, 0.717) is 17.4 Å². The second kappa shape index (κ2) is 4.37. The lowest BCUT2D eigenvalue weighted by Gasteiger charge is -2.17. The molecule has 0 unspecified atom stereocenters. The zero-order valence-corrected chi connectivity index (χ0v) is 8.87. The lowest BCUT2D eigenvalue weighted by Crippen LogP contribution is -2.23. The number of nitrogens with one attached hydrogen (secondary N) is 1. The molecule has 4 nitrogen and oxygen atoms in total. The Morgan fingerprint density at radius 3 is 2.79 bits per heavy atom. The van der Waals surface area contributed by atoms with Crippen molar-refractivity contribution >= 4 is 0 Å². The van der Waals surface area contributed by atoms with Crippen LogP contribution in [0.25, 0.3) is 0 Å². The van der Waals surface area contributed by atoms with E-state index < -0.39 is 0 Å². The molecule has 0 bridgehead atoms. The fourth-order valence-electron chi connectivity index (χ4n) is 1.32. The summed E-state index contributed by atoms with van der Waals surface area (Å²) in [5, 5.41) is 0. The lowest BCUT2D eigenvalue weighted by atomic mass is 9.97. The summed E-state index contributed by atoms with van der Waals surface area (Å²) >= 11 is 0. The van der Waals surface area contributed by atoms with Crippen LogP contribution in [-0.2, 0) is 0 Å². The van der Waals surface area contributed by atoms with Gasteiger partial charge < -0.3 is 10.7 Å². The molecule has 0 saturated carbocycles. The SMILES string of the molecule is CC[C@H](C)[C@H](N)c1cc(=O)[nH]c(C)n1. The van der Waals surface area contributed by atoms with Crippen molar-refractivity contribution in [3.63, 3.8) is 0 Å². The molecule has 0 amide bonds. The predicted octanol–water partition coefficient (Wildman–Crippen LogP) is 1.12. The molecule has 2 atom stereocenters. The molecular formula is C10H17N3O. The summed E-state index contributed by atoms with van der Waals surface area (Å²) in [6.07, 6.45) is 0.981. The molecule has 1 aromatic heterocycles. The molecule has 1 heterocycles. The van der Waals surface area contributed by atoms with Crippen LogP contribution in [0.15, 0.2) is 10.9 Å². The van der Waals surface area contributed by atoms with Crippen LogP contribution in [-0.4, -0.2) is 9.97 Å². The minimum atomic E-state index is -0.152. The van der Waals surface area contributed by atoms with Crippen molar-refractivity contribution in [2.24, 2.45) is 11.7 Å². The van der Waals surface area contributed by atoms with Gasteiger partial charge in [-0.3, -0.25) is 4.79 Å². The first-order chi connectivity index (χ1) is 6.54. The van der Waals surface area contributed by atoms with Gasteiger partial charge in [0.2, 0.25) is 0 Å². The van der Waals surface area contributed by atoms with Gasteiger partial charge >= 0.3 is 0 Å². The van der Waals surface area contributed by atoms with Gasteiger partial charge in [0.05, 0.1) is 5.69 Å². The summed E-state index contributed by atoms with van der Waals surface area (Å²) in [4.78, 5) is 18.0. The minimum absolute atomic E-state index is 0.133. The third-order valence-electron chi connectivity index (χ3n) is 2.48. The van der Waals surface area contributed by atoms with Gasteiger partial charge in [0, 0.05) is 12.1 Å². The summed E-state index contributed by atoms with van der Waals surface area (Å²) in [6.45, 7) is 5.89. The summed E-state index contributed by atoms with van der Waals surface area (Å²) in [5.74, 6) is 0.954. The minimum Gasteiger partial charge on any atom is -0.322 e. The molecule has 0 aliphatic carbocycles. The summed E-state index contributed by atoms with van der Waals surface area (Å²) in [7, 11) is 0. The van der Waals surface area contributed by atoms with E-state index in [1.54, 1.807) is 6.92 Å². The maximum absolute atomic E-state index is 11.2. The van der Waals surface area contributed by atoms with Crippen molar-refractivity contribution in [1.29, 1.82) is 0 Å². The fraction of sp³-hybridized carbons (Fsp3) is 0.600. The Kier molecular flexibility index (Phi) is 3.41. The van der Waals surface area contributed by atoms with E-state index in [2.05, 4.69) is 23.8 Å². The normalized spacial score (nSPS) is 15.1. The fourth-order valence-corrected chi connectivity index (χ4v) is 1.32. The second-order valence-electron chi connectivity index (χ2n) is 3.67. The molecule has 0 saturated heterocycles. The summed E-state index contributed by atoms with van der Waals surface area (Å²) in [5.41, 5.74) is 6.52. The molecule has 0 aliphatic rings. The van der Waals surface area contributed by atoms with Crippen molar-refractivity contribution in [2.45, 2.75) is 33.2 Å². The first kappa shape index (κ1) is 10.9. The Bertz CT molecular complexity index is 359. The average molecular weight is 195 g/mol. The van der Waals surface area contributed by atoms with Gasteiger partial charge in [0.1, 0.15) is 5.82 Å². The van der Waals surface area contributed by atoms with Crippen molar-refractivity contribution < 1.29 is 0 Å². The van der Waals surface area contributed by atoms with Gasteiger partial charge in [-0.25, -0.2) is 4.98 Å². The van der Waals surface area contributed by atoms with Crippen LogP contribution in [0, 0.1) is 12.8 Å². The number of nitrogens with zero attached hydrogens (tertiary/aromatic N) is 1. The van der Waals surface area contributed by atoms with Crippen LogP contribution in [0.5, 0.6) is 0 Å². The lowest BCUT2D eigenvalue weighted by molar-refractivity contribution is 0.446. The van der Waals surface area contributed by atoms with E-state index >= 15 is 0 Å². The third-order valence-corrected chi connectivity index (χ3v) is 2.48. The topological polar surface area (TPSA) is 71.8 Å². The smallest absolute Gasteiger partial charge is 0.251 e. The zero-order chi connectivity index (χ0) is 10.7. The highest BCUT2D eigenvalue weighted by molar-refractivity contribution is 5.07. The Hall–Kier alpha value is -1.16. The molecule has 1 rings (SSSR count). The van der Waals surface area contributed by atoms with E-state index in [0.717, 1.165) is 6.42 Å². The number of hydrogen-bond donors (Lipinski definition) is 2. The Labute approximate surface area is 83.6 Å². The quantitative estimate of drug-likeness (QED) is 0.759. The maximum Gasteiger partial charge on any atom is 0.251 e. The number of nitrogens with two attached hydrogens (primary N) is 1. The highest BCUT2D eigenvalue weighted by Crippen LogP contribution is 2.18. The molecule has 14 heavy (non-hydrogen) atoms. The zero-order valence-electron chi connectivity index (χ0n) is 8.87. The van der Waals surface area contributed by atoms with E-state index in [-0.39, 0.29) is 11.6 Å². The predicted molar refractivity (Wildman–Crippen MR) is 56.0 cm³/mol. The monoisotopic (exact) mass is 195 g/mol. The van der Waals surface area contributed by atoms with Crippen LogP contribution in [0.3, 0.4) is 0 Å². The third kappa shape index (κ3) is 2.42. The molecule has 0 spiro atoms. The molecule has 0 radical (unpaired) electrons. The molecule has 3 N–H and O–H groups in total. The number of rotatable bonds is 3. The Morgan fingerprint density at radius 1 is 1.64 bits per heavy atom. The van der Waals surface area contributed by atoms with E-state index in [9.17, 15) is 4.79 Å². The maximum atomic E-state index is 11.2. The summed E-state index contributed by atoms with van der Waals surface area (Å²) < 4.78 is 0. The number of aromatic amines is 1. The van der Waals surface area contributed by atoms with E-state index in [1.807, 2.05) is 0 Å². The molecule has 0 fully saturated rings. The van der Waals surface area contributed by atoms with Gasteiger partial charge in [0.25, 0.3) is 5.56 Å². The van der Waals surface area contributed by atoms with E-state index in [1.165, 1.54) is 6.07 Å². The molecular weight excluding hydrogens is 178 g/mol. The number of aryl methyl sites for hydroxylation is 1. The van der Waals surface area contributed by atoms with Crippen molar-refractivity contribution in [2.75, 3.05) is 0 Å². The summed E-state index contributed by atoms with van der Waals surface area (Å²) in [6, 6.07) is 1.32. The first-order valence-corrected chi connectivity index (χ1v) is 4.88. The second-order valence-corrected chi connectivity index (χ2v) is 3.67.